The summed E-state index contributed by atoms with van der Waals surface area (Å²) >= 11 is 0. The summed E-state index contributed by atoms with van der Waals surface area (Å²) in [4.78, 5) is 32.1. The van der Waals surface area contributed by atoms with Gasteiger partial charge in [0.15, 0.2) is 5.65 Å². The predicted octanol–water partition coefficient (Wildman–Crippen LogP) is 0.333. The van der Waals surface area contributed by atoms with Crippen molar-refractivity contribution in [2.24, 2.45) is 0 Å². The van der Waals surface area contributed by atoms with Gasteiger partial charge in [-0.05, 0) is 32.0 Å². The van der Waals surface area contributed by atoms with E-state index < -0.39 is 0 Å². The van der Waals surface area contributed by atoms with Crippen molar-refractivity contribution in [2.45, 2.75) is 20.4 Å². The molecular formula is C15H16N6O2. The van der Waals surface area contributed by atoms with E-state index in [9.17, 15) is 9.59 Å². The molecule has 1 amide bonds. The number of pyridine rings is 1. The monoisotopic (exact) mass is 312 g/mol. The van der Waals surface area contributed by atoms with E-state index in [1.807, 2.05) is 13.0 Å². The van der Waals surface area contributed by atoms with Crippen LogP contribution in [0.5, 0.6) is 0 Å². The van der Waals surface area contributed by atoms with Gasteiger partial charge < -0.3 is 5.32 Å². The number of carbonyl (C=O) groups is 1. The molecule has 0 aliphatic heterocycles. The van der Waals surface area contributed by atoms with Gasteiger partial charge in [-0.1, -0.05) is 6.07 Å². The van der Waals surface area contributed by atoms with Crippen LogP contribution in [-0.4, -0.2) is 36.6 Å². The lowest BCUT2D eigenvalue weighted by molar-refractivity contribution is 0.0944. The van der Waals surface area contributed by atoms with Crippen molar-refractivity contribution < 1.29 is 4.79 Å². The highest BCUT2D eigenvalue weighted by Crippen LogP contribution is 2.03. The van der Waals surface area contributed by atoms with Crippen molar-refractivity contribution in [1.82, 2.24) is 29.5 Å². The minimum atomic E-state index is -0.310. The Labute approximate surface area is 131 Å². The van der Waals surface area contributed by atoms with Crippen molar-refractivity contribution in [1.29, 1.82) is 0 Å². The fourth-order valence-electron chi connectivity index (χ4n) is 2.44. The number of amides is 1. The van der Waals surface area contributed by atoms with E-state index in [4.69, 9.17) is 0 Å². The molecule has 1 N–H and O–H groups in total. The number of fused-ring (bicyclic) bond motifs is 1. The topological polar surface area (TPSA) is 94.2 Å². The van der Waals surface area contributed by atoms with E-state index in [0.29, 0.717) is 30.1 Å². The van der Waals surface area contributed by atoms with Crippen LogP contribution in [0.15, 0.2) is 35.4 Å². The first-order chi connectivity index (χ1) is 11.1. The number of nitrogens with zero attached hydrogens (tertiary/aromatic N) is 5. The summed E-state index contributed by atoms with van der Waals surface area (Å²) in [5.41, 5.74) is 2.19. The highest BCUT2D eigenvalue weighted by Gasteiger charge is 2.11. The van der Waals surface area contributed by atoms with Gasteiger partial charge in [-0.25, -0.2) is 14.3 Å². The van der Waals surface area contributed by atoms with Crippen LogP contribution >= 0.6 is 0 Å². The van der Waals surface area contributed by atoms with Gasteiger partial charge in [-0.3, -0.25) is 9.36 Å². The third-order valence-corrected chi connectivity index (χ3v) is 3.50. The molecule has 3 rings (SSSR count). The van der Waals surface area contributed by atoms with Crippen molar-refractivity contribution in [3.63, 3.8) is 0 Å². The van der Waals surface area contributed by atoms with Crippen LogP contribution in [0.3, 0.4) is 0 Å². The molecule has 0 aliphatic carbocycles. The minimum absolute atomic E-state index is 0.271. The van der Waals surface area contributed by atoms with Crippen LogP contribution in [0.4, 0.5) is 0 Å². The second kappa shape index (κ2) is 5.99. The van der Waals surface area contributed by atoms with Crippen LogP contribution in [-0.2, 0) is 6.54 Å². The number of carbonyl (C=O) groups excluding carboxylic acids is 1. The fraction of sp³-hybridized carbons (Fsp3) is 0.267. The summed E-state index contributed by atoms with van der Waals surface area (Å²) in [6.45, 7) is 4.29. The molecule has 0 spiro atoms. The third-order valence-electron chi connectivity index (χ3n) is 3.50. The number of hydrogen-bond donors (Lipinski definition) is 1. The summed E-state index contributed by atoms with van der Waals surface area (Å²) in [5, 5.41) is 6.81. The largest absolute Gasteiger partial charge is 0.349 e. The van der Waals surface area contributed by atoms with Gasteiger partial charge in [0.1, 0.15) is 12.0 Å². The van der Waals surface area contributed by atoms with Gasteiger partial charge >= 0.3 is 5.69 Å². The number of nitrogens with one attached hydrogen (secondary N) is 1. The first-order valence-corrected chi connectivity index (χ1v) is 7.18. The van der Waals surface area contributed by atoms with Crippen molar-refractivity contribution in [3.8, 4) is 0 Å². The Morgan fingerprint density at radius 2 is 2.13 bits per heavy atom. The molecule has 0 radical (unpaired) electrons. The zero-order valence-electron chi connectivity index (χ0n) is 12.9. The molecule has 0 fully saturated rings. The average Bonchev–Trinajstić information content (AvgIpc) is 2.98. The molecule has 8 nitrogen and oxygen atoms in total. The van der Waals surface area contributed by atoms with Crippen LogP contribution < -0.4 is 11.0 Å². The molecule has 3 heterocycles. The Balaban J connectivity index is 1.71. The first kappa shape index (κ1) is 14.9. The maximum atomic E-state index is 12.3. The lowest BCUT2D eigenvalue weighted by Crippen LogP contribution is -2.33. The number of aromatic nitrogens is 5. The highest BCUT2D eigenvalue weighted by atomic mass is 16.2. The Morgan fingerprint density at radius 3 is 2.91 bits per heavy atom. The Morgan fingerprint density at radius 1 is 1.30 bits per heavy atom. The summed E-state index contributed by atoms with van der Waals surface area (Å²) in [6, 6.07) is 7.02. The molecule has 0 atom stereocenters. The van der Waals surface area contributed by atoms with E-state index in [-0.39, 0.29) is 11.6 Å². The van der Waals surface area contributed by atoms with E-state index in [1.165, 1.54) is 15.4 Å². The van der Waals surface area contributed by atoms with E-state index in [1.54, 1.807) is 25.1 Å². The molecule has 8 heteroatoms. The lowest BCUT2D eigenvalue weighted by Gasteiger charge is -2.11. The molecule has 3 aromatic rings. The summed E-state index contributed by atoms with van der Waals surface area (Å²) in [7, 11) is 0. The maximum Gasteiger partial charge on any atom is 0.348 e. The van der Waals surface area contributed by atoms with Gasteiger partial charge in [-0.15, -0.1) is 0 Å². The standard InChI is InChI=1S/C15H16N6O2/c1-10-8-11(2)20(15(23)19-10)7-6-16-14(22)12-4-3-5-13-17-9-18-21(12)13/h3-5,8-9H,6-7H2,1-2H3,(H,16,22). The van der Waals surface area contributed by atoms with Gasteiger partial charge in [0.25, 0.3) is 5.91 Å². The second-order valence-electron chi connectivity index (χ2n) is 5.17. The third kappa shape index (κ3) is 2.96. The van der Waals surface area contributed by atoms with Crippen LogP contribution in [0.2, 0.25) is 0 Å². The smallest absolute Gasteiger partial charge is 0.348 e. The summed E-state index contributed by atoms with van der Waals surface area (Å²) in [6.07, 6.45) is 1.40. The zero-order chi connectivity index (χ0) is 16.4. The Hall–Kier alpha value is -3.03. The average molecular weight is 312 g/mol. The van der Waals surface area contributed by atoms with Crippen molar-refractivity contribution >= 4 is 11.6 Å². The van der Waals surface area contributed by atoms with Gasteiger partial charge in [0, 0.05) is 24.5 Å². The first-order valence-electron chi connectivity index (χ1n) is 7.18. The molecule has 0 unspecified atom stereocenters. The normalized spacial score (nSPS) is 10.9. The molecule has 23 heavy (non-hydrogen) atoms. The number of rotatable bonds is 4. The lowest BCUT2D eigenvalue weighted by atomic mass is 10.3. The van der Waals surface area contributed by atoms with Crippen molar-refractivity contribution in [3.05, 3.63) is 58.2 Å². The molecule has 3 aromatic heterocycles. The van der Waals surface area contributed by atoms with Crippen LogP contribution in [0.25, 0.3) is 5.65 Å². The van der Waals surface area contributed by atoms with E-state index >= 15 is 0 Å². The molecule has 0 saturated carbocycles. The summed E-state index contributed by atoms with van der Waals surface area (Å²) in [5.74, 6) is -0.271. The molecule has 0 bridgehead atoms. The molecule has 118 valence electrons. The van der Waals surface area contributed by atoms with E-state index in [2.05, 4.69) is 20.4 Å². The fourth-order valence-corrected chi connectivity index (χ4v) is 2.44. The second-order valence-corrected chi connectivity index (χ2v) is 5.17. The van der Waals surface area contributed by atoms with Gasteiger partial charge in [0.05, 0.1) is 0 Å². The number of hydrogen-bond acceptors (Lipinski definition) is 5. The SMILES string of the molecule is Cc1cc(C)n(CCNC(=O)c2cccc3ncnn23)c(=O)n1. The minimum Gasteiger partial charge on any atom is -0.349 e. The number of aryl methyl sites for hydroxylation is 2. The highest BCUT2D eigenvalue weighted by molar-refractivity contribution is 5.93. The zero-order valence-corrected chi connectivity index (χ0v) is 12.9. The molecular weight excluding hydrogens is 296 g/mol. The molecule has 0 saturated heterocycles. The summed E-state index contributed by atoms with van der Waals surface area (Å²) < 4.78 is 3.00. The Bertz CT molecular complexity index is 927. The van der Waals surface area contributed by atoms with Crippen molar-refractivity contribution in [2.75, 3.05) is 6.54 Å². The quantitative estimate of drug-likeness (QED) is 0.749. The van der Waals surface area contributed by atoms with E-state index in [0.717, 1.165) is 5.69 Å². The van der Waals surface area contributed by atoms with Gasteiger partial charge in [0.2, 0.25) is 0 Å². The predicted molar refractivity (Wildman–Crippen MR) is 83.3 cm³/mol. The molecule has 0 aliphatic rings. The Kier molecular flexibility index (Phi) is 3.88. The molecule has 0 aromatic carbocycles. The van der Waals surface area contributed by atoms with Crippen LogP contribution in [0, 0.1) is 13.8 Å². The van der Waals surface area contributed by atoms with Crippen LogP contribution in [0.1, 0.15) is 21.9 Å². The van der Waals surface area contributed by atoms with Gasteiger partial charge in [-0.2, -0.15) is 10.1 Å². The maximum absolute atomic E-state index is 12.3.